The average Bonchev–Trinajstić information content (AvgIpc) is 2.34. The van der Waals surface area contributed by atoms with E-state index in [0.717, 1.165) is 29.3 Å². The summed E-state index contributed by atoms with van der Waals surface area (Å²) in [6.07, 6.45) is 2.29. The summed E-state index contributed by atoms with van der Waals surface area (Å²) in [5.41, 5.74) is 1.16. The molecule has 18 heavy (non-hydrogen) atoms. The molecule has 1 atom stereocenters. The van der Waals surface area contributed by atoms with Crippen LogP contribution < -0.4 is 10.1 Å². The quantitative estimate of drug-likeness (QED) is 0.790. The number of rotatable bonds is 7. The summed E-state index contributed by atoms with van der Waals surface area (Å²) in [5.74, 6) is 1.62. The van der Waals surface area contributed by atoms with Crippen LogP contribution in [-0.4, -0.2) is 13.7 Å². The second-order valence-electron chi connectivity index (χ2n) is 4.97. The molecule has 0 bridgehead atoms. The fraction of sp³-hybridized carbons (Fsp3) is 0.600. The number of halogens is 1. The zero-order valence-corrected chi connectivity index (χ0v) is 12.6. The zero-order valence-electron chi connectivity index (χ0n) is 11.8. The van der Waals surface area contributed by atoms with Crippen LogP contribution >= 0.6 is 11.6 Å². The second-order valence-corrected chi connectivity index (χ2v) is 5.40. The summed E-state index contributed by atoms with van der Waals surface area (Å²) in [6, 6.07) is 6.13. The fourth-order valence-electron chi connectivity index (χ4n) is 2.09. The van der Waals surface area contributed by atoms with Gasteiger partial charge in [-0.1, -0.05) is 32.4 Å². The van der Waals surface area contributed by atoms with Gasteiger partial charge in [0.2, 0.25) is 0 Å². The van der Waals surface area contributed by atoms with Crippen LogP contribution in [0.3, 0.4) is 0 Å². The van der Waals surface area contributed by atoms with E-state index in [2.05, 4.69) is 26.1 Å². The fourth-order valence-corrected chi connectivity index (χ4v) is 2.27. The molecule has 2 nitrogen and oxygen atoms in total. The summed E-state index contributed by atoms with van der Waals surface area (Å²) >= 11 is 6.10. The van der Waals surface area contributed by atoms with E-state index in [1.165, 1.54) is 6.42 Å². The Morgan fingerprint density at radius 1 is 1.28 bits per heavy atom. The van der Waals surface area contributed by atoms with Gasteiger partial charge < -0.3 is 10.1 Å². The van der Waals surface area contributed by atoms with Gasteiger partial charge in [0.05, 0.1) is 7.11 Å². The first-order valence-corrected chi connectivity index (χ1v) is 7.03. The molecule has 0 aliphatic heterocycles. The van der Waals surface area contributed by atoms with Crippen LogP contribution in [0.1, 0.15) is 45.2 Å². The van der Waals surface area contributed by atoms with Crippen LogP contribution in [-0.2, 0) is 0 Å². The van der Waals surface area contributed by atoms with Gasteiger partial charge in [-0.15, -0.1) is 0 Å². The molecule has 1 rings (SSSR count). The monoisotopic (exact) mass is 269 g/mol. The summed E-state index contributed by atoms with van der Waals surface area (Å²) in [4.78, 5) is 0. The molecular weight excluding hydrogens is 246 g/mol. The summed E-state index contributed by atoms with van der Waals surface area (Å²) in [6.45, 7) is 7.56. The first-order valence-electron chi connectivity index (χ1n) is 6.65. The van der Waals surface area contributed by atoms with Crippen LogP contribution in [0.4, 0.5) is 0 Å². The van der Waals surface area contributed by atoms with E-state index < -0.39 is 0 Å². The molecule has 0 saturated carbocycles. The maximum Gasteiger partial charge on any atom is 0.123 e. The number of hydrogen-bond acceptors (Lipinski definition) is 2. The molecule has 0 aliphatic rings. The van der Waals surface area contributed by atoms with Crippen molar-refractivity contribution in [3.8, 4) is 5.75 Å². The smallest absolute Gasteiger partial charge is 0.123 e. The molecule has 0 aliphatic carbocycles. The predicted octanol–water partition coefficient (Wildman–Crippen LogP) is 4.44. The van der Waals surface area contributed by atoms with Crippen molar-refractivity contribution >= 4 is 11.6 Å². The molecule has 0 amide bonds. The van der Waals surface area contributed by atoms with Crippen molar-refractivity contribution in [3.05, 3.63) is 28.8 Å². The van der Waals surface area contributed by atoms with Gasteiger partial charge in [0.15, 0.2) is 0 Å². The van der Waals surface area contributed by atoms with Crippen molar-refractivity contribution < 1.29 is 4.74 Å². The Balaban J connectivity index is 2.92. The largest absolute Gasteiger partial charge is 0.496 e. The van der Waals surface area contributed by atoms with Crippen LogP contribution in [0.25, 0.3) is 0 Å². The van der Waals surface area contributed by atoms with Crippen molar-refractivity contribution in [2.45, 2.75) is 39.7 Å². The molecule has 0 aromatic heterocycles. The zero-order chi connectivity index (χ0) is 13.5. The maximum absolute atomic E-state index is 6.10. The molecule has 1 aromatic carbocycles. The van der Waals surface area contributed by atoms with Crippen LogP contribution in [0, 0.1) is 5.92 Å². The molecule has 0 radical (unpaired) electrons. The molecule has 102 valence electrons. The van der Waals surface area contributed by atoms with Crippen LogP contribution in [0.2, 0.25) is 5.02 Å². The molecule has 1 N–H and O–H groups in total. The van der Waals surface area contributed by atoms with Crippen molar-refractivity contribution in [1.29, 1.82) is 0 Å². The average molecular weight is 270 g/mol. The minimum absolute atomic E-state index is 0.311. The van der Waals surface area contributed by atoms with Gasteiger partial charge in [0.25, 0.3) is 0 Å². The molecule has 0 fully saturated rings. The van der Waals surface area contributed by atoms with Crippen molar-refractivity contribution in [2.75, 3.05) is 13.7 Å². The molecular formula is C15H24ClNO. The summed E-state index contributed by atoms with van der Waals surface area (Å²) < 4.78 is 5.44. The van der Waals surface area contributed by atoms with Gasteiger partial charge in [-0.05, 0) is 43.5 Å². The van der Waals surface area contributed by atoms with E-state index in [1.807, 2.05) is 18.2 Å². The number of hydrogen-bond donors (Lipinski definition) is 1. The van der Waals surface area contributed by atoms with Gasteiger partial charge in [0, 0.05) is 16.6 Å². The van der Waals surface area contributed by atoms with Crippen molar-refractivity contribution in [2.24, 2.45) is 5.92 Å². The lowest BCUT2D eigenvalue weighted by Gasteiger charge is -2.22. The number of nitrogens with one attached hydrogen (secondary N) is 1. The van der Waals surface area contributed by atoms with E-state index in [4.69, 9.17) is 16.3 Å². The number of methoxy groups -OCH3 is 1. The van der Waals surface area contributed by atoms with E-state index in [-0.39, 0.29) is 0 Å². The Bertz CT molecular complexity index is 366. The third kappa shape index (κ3) is 4.51. The highest BCUT2D eigenvalue weighted by Crippen LogP contribution is 2.31. The highest BCUT2D eigenvalue weighted by atomic mass is 35.5. The van der Waals surface area contributed by atoms with E-state index in [9.17, 15) is 0 Å². The predicted molar refractivity (Wildman–Crippen MR) is 78.5 cm³/mol. The maximum atomic E-state index is 6.10. The SMILES string of the molecule is CCNC(CCC(C)C)c1cc(Cl)ccc1OC. The van der Waals surface area contributed by atoms with Gasteiger partial charge in [-0.25, -0.2) is 0 Å². The Morgan fingerprint density at radius 2 is 2.00 bits per heavy atom. The first-order chi connectivity index (χ1) is 8.58. The topological polar surface area (TPSA) is 21.3 Å². The summed E-state index contributed by atoms with van der Waals surface area (Å²) in [7, 11) is 1.71. The summed E-state index contributed by atoms with van der Waals surface area (Å²) in [5, 5.41) is 4.28. The molecule has 0 heterocycles. The Kier molecular flexibility index (Phi) is 6.51. The normalized spacial score (nSPS) is 12.8. The number of ether oxygens (including phenoxy) is 1. The lowest BCUT2D eigenvalue weighted by molar-refractivity contribution is 0.388. The van der Waals surface area contributed by atoms with E-state index in [1.54, 1.807) is 7.11 Å². The van der Waals surface area contributed by atoms with Gasteiger partial charge in [-0.2, -0.15) is 0 Å². The molecule has 0 spiro atoms. The minimum Gasteiger partial charge on any atom is -0.496 e. The highest BCUT2D eigenvalue weighted by molar-refractivity contribution is 6.30. The van der Waals surface area contributed by atoms with E-state index >= 15 is 0 Å². The lowest BCUT2D eigenvalue weighted by atomic mass is 9.97. The van der Waals surface area contributed by atoms with Crippen LogP contribution in [0.15, 0.2) is 18.2 Å². The van der Waals surface area contributed by atoms with Gasteiger partial charge >= 0.3 is 0 Å². The third-order valence-electron chi connectivity index (χ3n) is 3.05. The van der Waals surface area contributed by atoms with Crippen molar-refractivity contribution in [3.63, 3.8) is 0 Å². The minimum atomic E-state index is 0.311. The highest BCUT2D eigenvalue weighted by Gasteiger charge is 2.16. The molecule has 1 unspecified atom stereocenters. The lowest BCUT2D eigenvalue weighted by Crippen LogP contribution is -2.22. The van der Waals surface area contributed by atoms with Crippen LogP contribution in [0.5, 0.6) is 5.75 Å². The third-order valence-corrected chi connectivity index (χ3v) is 3.29. The van der Waals surface area contributed by atoms with Gasteiger partial charge in [0.1, 0.15) is 5.75 Å². The van der Waals surface area contributed by atoms with Crippen molar-refractivity contribution in [1.82, 2.24) is 5.32 Å². The Labute approximate surface area is 116 Å². The van der Waals surface area contributed by atoms with Gasteiger partial charge in [-0.3, -0.25) is 0 Å². The molecule has 1 aromatic rings. The standard InChI is InChI=1S/C15H24ClNO/c1-5-17-14(8-6-11(2)3)13-10-12(16)7-9-15(13)18-4/h7,9-11,14,17H,5-6,8H2,1-4H3. The number of benzene rings is 1. The second kappa shape index (κ2) is 7.65. The Morgan fingerprint density at radius 3 is 2.56 bits per heavy atom. The molecule has 3 heteroatoms. The Hall–Kier alpha value is -0.730. The molecule has 0 saturated heterocycles. The van der Waals surface area contributed by atoms with E-state index in [0.29, 0.717) is 12.0 Å². The first kappa shape index (κ1) is 15.3.